The minimum absolute atomic E-state index is 0.838. The number of aryl methyl sites for hydroxylation is 3. The average molecular weight is 415 g/mol. The van der Waals surface area contributed by atoms with Crippen molar-refractivity contribution in [1.29, 1.82) is 0 Å². The van der Waals surface area contributed by atoms with Crippen LogP contribution in [0.5, 0.6) is 0 Å². The SMILES string of the molecule is Cc1nnc(Sc2nc(CN3CCC(C)CC3)nc3sc4c(c23)CCC4)n1C. The zero-order valence-electron chi connectivity index (χ0n) is 16.7. The van der Waals surface area contributed by atoms with Gasteiger partial charge in [-0.3, -0.25) is 4.90 Å². The molecule has 0 atom stereocenters. The van der Waals surface area contributed by atoms with Crippen LogP contribution in [0, 0.1) is 12.8 Å². The Balaban J connectivity index is 1.52. The highest BCUT2D eigenvalue weighted by Gasteiger charge is 2.25. The molecule has 0 spiro atoms. The van der Waals surface area contributed by atoms with Crippen molar-refractivity contribution < 1.29 is 0 Å². The van der Waals surface area contributed by atoms with Crippen molar-refractivity contribution in [3.63, 3.8) is 0 Å². The van der Waals surface area contributed by atoms with Crippen LogP contribution in [-0.4, -0.2) is 42.7 Å². The lowest BCUT2D eigenvalue weighted by Crippen LogP contribution is -2.33. The molecule has 0 N–H and O–H groups in total. The molecule has 0 unspecified atom stereocenters. The molecule has 0 bridgehead atoms. The van der Waals surface area contributed by atoms with Crippen LogP contribution in [0.2, 0.25) is 0 Å². The van der Waals surface area contributed by atoms with E-state index in [1.165, 1.54) is 41.5 Å². The van der Waals surface area contributed by atoms with Crippen molar-refractivity contribution in [2.24, 2.45) is 13.0 Å². The van der Waals surface area contributed by atoms with Crippen LogP contribution in [-0.2, 0) is 26.4 Å². The molecule has 148 valence electrons. The van der Waals surface area contributed by atoms with E-state index in [2.05, 4.69) is 22.0 Å². The summed E-state index contributed by atoms with van der Waals surface area (Å²) in [6.07, 6.45) is 6.12. The Hall–Kier alpha value is -1.51. The number of hydrogen-bond donors (Lipinski definition) is 0. The molecule has 8 heteroatoms. The Morgan fingerprint density at radius 3 is 2.71 bits per heavy atom. The van der Waals surface area contributed by atoms with Gasteiger partial charge in [0.15, 0.2) is 5.16 Å². The summed E-state index contributed by atoms with van der Waals surface area (Å²) in [6, 6.07) is 0. The molecule has 0 amide bonds. The van der Waals surface area contributed by atoms with Gasteiger partial charge >= 0.3 is 0 Å². The monoisotopic (exact) mass is 414 g/mol. The molecule has 4 heterocycles. The molecule has 3 aromatic rings. The zero-order valence-corrected chi connectivity index (χ0v) is 18.4. The fraction of sp³-hybridized carbons (Fsp3) is 0.600. The molecular weight excluding hydrogens is 388 g/mol. The fourth-order valence-electron chi connectivity index (χ4n) is 4.13. The lowest BCUT2D eigenvalue weighted by molar-refractivity contribution is 0.181. The standard InChI is InChI=1S/C20H26N6S2/c1-12-7-9-26(10-8-12)11-16-21-18-17(14-5-4-6-15(14)27-18)19(22-16)28-20-24-23-13(2)25(20)3/h12H,4-11H2,1-3H3. The minimum atomic E-state index is 0.838. The molecule has 28 heavy (non-hydrogen) atoms. The fourth-order valence-corrected chi connectivity index (χ4v) is 6.47. The van der Waals surface area contributed by atoms with Crippen LogP contribution in [0.4, 0.5) is 0 Å². The van der Waals surface area contributed by atoms with E-state index < -0.39 is 0 Å². The van der Waals surface area contributed by atoms with Crippen LogP contribution in [0.15, 0.2) is 10.2 Å². The van der Waals surface area contributed by atoms with Gasteiger partial charge in [-0.15, -0.1) is 21.5 Å². The summed E-state index contributed by atoms with van der Waals surface area (Å²) in [5.74, 6) is 2.71. The Morgan fingerprint density at radius 1 is 1.14 bits per heavy atom. The second-order valence-corrected chi connectivity index (χ2v) is 10.2. The average Bonchev–Trinajstić information content (AvgIpc) is 3.34. The van der Waals surface area contributed by atoms with E-state index in [9.17, 15) is 0 Å². The van der Waals surface area contributed by atoms with Gasteiger partial charge in [0.1, 0.15) is 21.5 Å². The Morgan fingerprint density at radius 2 is 1.96 bits per heavy atom. The molecule has 2 aliphatic rings. The molecule has 0 aromatic carbocycles. The van der Waals surface area contributed by atoms with E-state index in [0.29, 0.717) is 0 Å². The van der Waals surface area contributed by atoms with Crippen molar-refractivity contribution >= 4 is 33.3 Å². The molecular formula is C20H26N6S2. The molecule has 1 saturated heterocycles. The largest absolute Gasteiger partial charge is 0.309 e. The smallest absolute Gasteiger partial charge is 0.197 e. The van der Waals surface area contributed by atoms with Gasteiger partial charge < -0.3 is 4.57 Å². The van der Waals surface area contributed by atoms with E-state index in [0.717, 1.165) is 58.6 Å². The summed E-state index contributed by atoms with van der Waals surface area (Å²) in [4.78, 5) is 15.2. The van der Waals surface area contributed by atoms with Gasteiger partial charge in [0.25, 0.3) is 0 Å². The number of nitrogens with zero attached hydrogens (tertiary/aromatic N) is 6. The predicted octanol–water partition coefficient (Wildman–Crippen LogP) is 4.00. The number of thiophene rings is 1. The Labute approximate surface area is 173 Å². The third-order valence-corrected chi connectivity index (χ3v) is 8.27. The first-order valence-electron chi connectivity index (χ1n) is 10.2. The molecule has 3 aromatic heterocycles. The van der Waals surface area contributed by atoms with Crippen molar-refractivity contribution in [2.45, 2.75) is 62.7 Å². The van der Waals surface area contributed by atoms with Crippen molar-refractivity contribution in [3.05, 3.63) is 22.1 Å². The molecule has 1 fully saturated rings. The maximum Gasteiger partial charge on any atom is 0.197 e. The summed E-state index contributed by atoms with van der Waals surface area (Å²) in [5, 5.41) is 11.8. The Kier molecular flexibility index (Phi) is 4.88. The van der Waals surface area contributed by atoms with E-state index in [-0.39, 0.29) is 0 Å². The van der Waals surface area contributed by atoms with Gasteiger partial charge in [-0.1, -0.05) is 6.92 Å². The second-order valence-electron chi connectivity index (χ2n) is 8.13. The quantitative estimate of drug-likeness (QED) is 0.602. The molecule has 0 radical (unpaired) electrons. The first kappa shape index (κ1) is 18.5. The summed E-state index contributed by atoms with van der Waals surface area (Å²) >= 11 is 3.51. The van der Waals surface area contributed by atoms with Gasteiger partial charge in [-0.05, 0) is 75.4 Å². The van der Waals surface area contributed by atoms with Crippen molar-refractivity contribution in [2.75, 3.05) is 13.1 Å². The van der Waals surface area contributed by atoms with Gasteiger partial charge in [-0.2, -0.15) is 0 Å². The summed E-state index contributed by atoms with van der Waals surface area (Å²) < 4.78 is 2.04. The van der Waals surface area contributed by atoms with Gasteiger partial charge in [-0.25, -0.2) is 9.97 Å². The van der Waals surface area contributed by atoms with Crippen LogP contribution in [0.3, 0.4) is 0 Å². The topological polar surface area (TPSA) is 59.7 Å². The first-order valence-corrected chi connectivity index (χ1v) is 11.8. The molecule has 6 nitrogen and oxygen atoms in total. The van der Waals surface area contributed by atoms with Crippen molar-refractivity contribution in [3.8, 4) is 0 Å². The van der Waals surface area contributed by atoms with Crippen LogP contribution >= 0.6 is 23.1 Å². The van der Waals surface area contributed by atoms with E-state index >= 15 is 0 Å². The normalized spacial score (nSPS) is 18.2. The minimum Gasteiger partial charge on any atom is -0.309 e. The number of piperidine rings is 1. The summed E-state index contributed by atoms with van der Waals surface area (Å²) in [5.41, 5.74) is 1.47. The number of aromatic nitrogens is 5. The number of rotatable bonds is 4. The highest BCUT2D eigenvalue weighted by molar-refractivity contribution is 7.99. The molecule has 5 rings (SSSR count). The van der Waals surface area contributed by atoms with Crippen LogP contribution in [0.1, 0.15) is 48.3 Å². The third kappa shape index (κ3) is 3.35. The van der Waals surface area contributed by atoms with Gasteiger partial charge in [0.05, 0.1) is 6.54 Å². The first-order chi connectivity index (χ1) is 13.6. The maximum absolute atomic E-state index is 5.05. The summed E-state index contributed by atoms with van der Waals surface area (Å²) in [6.45, 7) is 7.47. The van der Waals surface area contributed by atoms with E-state index in [4.69, 9.17) is 9.97 Å². The van der Waals surface area contributed by atoms with Crippen molar-refractivity contribution in [1.82, 2.24) is 29.6 Å². The van der Waals surface area contributed by atoms with Crippen LogP contribution in [0.25, 0.3) is 10.2 Å². The third-order valence-electron chi connectivity index (χ3n) is 6.06. The highest BCUT2D eigenvalue weighted by atomic mass is 32.2. The lowest BCUT2D eigenvalue weighted by atomic mass is 9.99. The molecule has 1 aliphatic heterocycles. The second kappa shape index (κ2) is 7.39. The van der Waals surface area contributed by atoms with Gasteiger partial charge in [0, 0.05) is 17.3 Å². The number of fused-ring (bicyclic) bond motifs is 3. The number of likely N-dealkylation sites (tertiary alicyclic amines) is 1. The highest BCUT2D eigenvalue weighted by Crippen LogP contribution is 2.42. The van der Waals surface area contributed by atoms with Gasteiger partial charge in [0.2, 0.25) is 0 Å². The predicted molar refractivity (Wildman–Crippen MR) is 113 cm³/mol. The molecule has 1 aliphatic carbocycles. The zero-order chi connectivity index (χ0) is 19.3. The van der Waals surface area contributed by atoms with E-state index in [1.54, 1.807) is 11.8 Å². The molecule has 0 saturated carbocycles. The van der Waals surface area contributed by atoms with E-state index in [1.807, 2.05) is 29.9 Å². The maximum atomic E-state index is 5.05. The lowest BCUT2D eigenvalue weighted by Gasteiger charge is -2.29. The summed E-state index contributed by atoms with van der Waals surface area (Å²) in [7, 11) is 2.02. The number of hydrogen-bond acceptors (Lipinski definition) is 7. The Bertz CT molecular complexity index is 1020. The van der Waals surface area contributed by atoms with Crippen LogP contribution < -0.4 is 0 Å².